The first-order chi connectivity index (χ1) is 19.4. The zero-order chi connectivity index (χ0) is 28.1. The molecule has 0 spiro atoms. The molecule has 2 aliphatic heterocycles. The normalized spacial score (nSPS) is 18.4. The summed E-state index contributed by atoms with van der Waals surface area (Å²) in [5.74, 6) is 1.16. The summed E-state index contributed by atoms with van der Waals surface area (Å²) in [6.07, 6.45) is 2.60. The lowest BCUT2D eigenvalue weighted by Gasteiger charge is -2.37. The topological polar surface area (TPSA) is 71.1 Å². The number of aryl methyl sites for hydroxylation is 1. The molecule has 7 nitrogen and oxygen atoms in total. The standard InChI is InChI=1S/C32H39N3O4S/c1-22(2)24-8-12-26(13-9-24)39-21-29-28-15-18-40-30(28)14-16-35(29)31(36)20-34(19-27-5-4-17-38-27)32(37)33-25-10-6-23(3)7-11-25/h6-13,15,18,22,27,29H,4-5,14,16-17,19-21H2,1-3H3,(H,33,37)/t27-,29+/m1/s1. The van der Waals surface area contributed by atoms with Gasteiger partial charge in [-0.3, -0.25) is 4.79 Å². The molecule has 40 heavy (non-hydrogen) atoms. The van der Waals surface area contributed by atoms with Gasteiger partial charge in [0, 0.05) is 30.3 Å². The average Bonchev–Trinajstić information content (AvgIpc) is 3.65. The van der Waals surface area contributed by atoms with Crippen LogP contribution in [0.1, 0.15) is 60.2 Å². The first kappa shape index (κ1) is 28.2. The number of hydrogen-bond donors (Lipinski definition) is 1. The number of amides is 3. The number of fused-ring (bicyclic) bond motifs is 1. The number of rotatable bonds is 9. The summed E-state index contributed by atoms with van der Waals surface area (Å²) in [7, 11) is 0. The largest absolute Gasteiger partial charge is 0.491 e. The molecule has 8 heteroatoms. The highest BCUT2D eigenvalue weighted by atomic mass is 32.1. The summed E-state index contributed by atoms with van der Waals surface area (Å²) in [4.78, 5) is 32.0. The Balaban J connectivity index is 1.30. The van der Waals surface area contributed by atoms with Gasteiger partial charge >= 0.3 is 6.03 Å². The van der Waals surface area contributed by atoms with E-state index >= 15 is 0 Å². The monoisotopic (exact) mass is 561 g/mol. The number of hydrogen-bond acceptors (Lipinski definition) is 5. The van der Waals surface area contributed by atoms with Gasteiger partial charge in [-0.05, 0) is 78.9 Å². The van der Waals surface area contributed by atoms with E-state index < -0.39 is 0 Å². The summed E-state index contributed by atoms with van der Waals surface area (Å²) in [5.41, 5.74) is 4.22. The highest BCUT2D eigenvalue weighted by molar-refractivity contribution is 7.10. The second-order valence-corrected chi connectivity index (χ2v) is 12.0. The number of carbonyl (C=O) groups is 2. The Morgan fingerprint density at radius 3 is 2.60 bits per heavy atom. The number of ether oxygens (including phenoxy) is 2. The van der Waals surface area contributed by atoms with Crippen LogP contribution >= 0.6 is 11.3 Å². The van der Waals surface area contributed by atoms with Gasteiger partial charge in [0.2, 0.25) is 5.91 Å². The maximum atomic E-state index is 13.9. The van der Waals surface area contributed by atoms with Gasteiger partial charge in [0.25, 0.3) is 0 Å². The van der Waals surface area contributed by atoms with E-state index in [0.717, 1.165) is 36.1 Å². The van der Waals surface area contributed by atoms with Crippen molar-refractivity contribution in [1.82, 2.24) is 9.80 Å². The Kier molecular flexibility index (Phi) is 9.07. The third-order valence-corrected chi connectivity index (χ3v) is 8.73. The van der Waals surface area contributed by atoms with E-state index in [-0.39, 0.29) is 30.6 Å². The van der Waals surface area contributed by atoms with Crippen molar-refractivity contribution < 1.29 is 19.1 Å². The van der Waals surface area contributed by atoms with E-state index in [1.165, 1.54) is 10.4 Å². The molecule has 0 unspecified atom stereocenters. The van der Waals surface area contributed by atoms with Crippen LogP contribution < -0.4 is 10.1 Å². The van der Waals surface area contributed by atoms with Crippen molar-refractivity contribution in [3.8, 4) is 5.75 Å². The average molecular weight is 562 g/mol. The smallest absolute Gasteiger partial charge is 0.322 e. The molecule has 2 atom stereocenters. The quantitative estimate of drug-likeness (QED) is 0.328. The Labute approximate surface area is 241 Å². The Hall–Kier alpha value is -3.36. The van der Waals surface area contributed by atoms with E-state index in [1.54, 1.807) is 16.2 Å². The van der Waals surface area contributed by atoms with Crippen LogP contribution in [0.3, 0.4) is 0 Å². The first-order valence-electron chi connectivity index (χ1n) is 14.2. The van der Waals surface area contributed by atoms with Gasteiger partial charge in [0.1, 0.15) is 18.9 Å². The number of urea groups is 1. The second kappa shape index (κ2) is 12.9. The highest BCUT2D eigenvalue weighted by Gasteiger charge is 2.34. The maximum absolute atomic E-state index is 13.9. The van der Waals surface area contributed by atoms with E-state index in [4.69, 9.17) is 9.47 Å². The maximum Gasteiger partial charge on any atom is 0.322 e. The minimum Gasteiger partial charge on any atom is -0.491 e. The fourth-order valence-electron chi connectivity index (χ4n) is 5.35. The van der Waals surface area contributed by atoms with Crippen molar-refractivity contribution in [1.29, 1.82) is 0 Å². The molecular weight excluding hydrogens is 522 g/mol. The molecule has 2 aromatic carbocycles. The lowest BCUT2D eigenvalue weighted by Crippen LogP contribution is -2.50. The zero-order valence-electron chi connectivity index (χ0n) is 23.6. The molecule has 0 bridgehead atoms. The van der Waals surface area contributed by atoms with E-state index in [1.807, 2.05) is 48.2 Å². The van der Waals surface area contributed by atoms with Crippen LogP contribution in [0.2, 0.25) is 0 Å². The zero-order valence-corrected chi connectivity index (χ0v) is 24.4. The van der Waals surface area contributed by atoms with Crippen molar-refractivity contribution >= 4 is 29.0 Å². The molecule has 0 aliphatic carbocycles. The molecule has 1 N–H and O–H groups in total. The van der Waals surface area contributed by atoms with Crippen LogP contribution in [0.15, 0.2) is 60.0 Å². The molecule has 2 aliphatic rings. The predicted molar refractivity (Wildman–Crippen MR) is 159 cm³/mol. The second-order valence-electron chi connectivity index (χ2n) is 11.0. The molecule has 1 saturated heterocycles. The molecule has 3 heterocycles. The van der Waals surface area contributed by atoms with Crippen molar-refractivity contribution in [2.45, 2.75) is 58.1 Å². The third kappa shape index (κ3) is 6.85. The molecule has 1 fully saturated rings. The number of carbonyl (C=O) groups excluding carboxylic acids is 2. The van der Waals surface area contributed by atoms with Crippen molar-refractivity contribution in [2.24, 2.45) is 0 Å². The Morgan fingerprint density at radius 2 is 1.90 bits per heavy atom. The van der Waals surface area contributed by atoms with Gasteiger partial charge in [-0.2, -0.15) is 0 Å². The van der Waals surface area contributed by atoms with Gasteiger partial charge in [0.15, 0.2) is 0 Å². The molecule has 0 radical (unpaired) electrons. The number of thiophene rings is 1. The lowest BCUT2D eigenvalue weighted by molar-refractivity contribution is -0.135. The van der Waals surface area contributed by atoms with Crippen LogP contribution in [-0.4, -0.2) is 60.7 Å². The molecule has 212 valence electrons. The van der Waals surface area contributed by atoms with Crippen molar-refractivity contribution in [3.63, 3.8) is 0 Å². The van der Waals surface area contributed by atoms with Gasteiger partial charge < -0.3 is 24.6 Å². The number of nitrogens with zero attached hydrogens (tertiary/aromatic N) is 2. The van der Waals surface area contributed by atoms with Crippen LogP contribution in [0.25, 0.3) is 0 Å². The summed E-state index contributed by atoms with van der Waals surface area (Å²) >= 11 is 1.73. The van der Waals surface area contributed by atoms with Crippen LogP contribution in [0.4, 0.5) is 10.5 Å². The van der Waals surface area contributed by atoms with Crippen LogP contribution in [-0.2, 0) is 16.0 Å². The SMILES string of the molecule is Cc1ccc(NC(=O)N(CC(=O)N2CCc3sccc3[C@@H]2COc2ccc(C(C)C)cc2)C[C@H]2CCCO2)cc1. The minimum absolute atomic E-state index is 0.0173. The van der Waals surface area contributed by atoms with E-state index in [0.29, 0.717) is 37.9 Å². The summed E-state index contributed by atoms with van der Waals surface area (Å²) in [5, 5.41) is 5.06. The minimum atomic E-state index is -0.293. The molecular formula is C32H39N3O4S. The fourth-order valence-corrected chi connectivity index (χ4v) is 6.27. The van der Waals surface area contributed by atoms with Crippen LogP contribution in [0.5, 0.6) is 5.75 Å². The van der Waals surface area contributed by atoms with Crippen molar-refractivity contribution in [3.05, 3.63) is 81.5 Å². The lowest BCUT2D eigenvalue weighted by atomic mass is 10.00. The summed E-state index contributed by atoms with van der Waals surface area (Å²) in [6, 6.07) is 17.4. The summed E-state index contributed by atoms with van der Waals surface area (Å²) < 4.78 is 12.1. The van der Waals surface area contributed by atoms with Gasteiger partial charge in [-0.25, -0.2) is 4.79 Å². The molecule has 3 amide bonds. The Bertz CT molecular complexity index is 1280. The van der Waals surface area contributed by atoms with E-state index in [9.17, 15) is 9.59 Å². The molecule has 1 aromatic heterocycles. The summed E-state index contributed by atoms with van der Waals surface area (Å²) in [6.45, 7) is 8.35. The third-order valence-electron chi connectivity index (χ3n) is 7.73. The van der Waals surface area contributed by atoms with Crippen LogP contribution in [0, 0.1) is 6.92 Å². The first-order valence-corrected chi connectivity index (χ1v) is 15.1. The van der Waals surface area contributed by atoms with Gasteiger partial charge in [0.05, 0.1) is 12.1 Å². The van der Waals surface area contributed by atoms with Crippen molar-refractivity contribution in [2.75, 3.05) is 38.2 Å². The van der Waals surface area contributed by atoms with Gasteiger partial charge in [-0.1, -0.05) is 43.7 Å². The van der Waals surface area contributed by atoms with Gasteiger partial charge in [-0.15, -0.1) is 11.3 Å². The molecule has 0 saturated carbocycles. The van der Waals surface area contributed by atoms with E-state index in [2.05, 4.69) is 42.7 Å². The fraction of sp³-hybridized carbons (Fsp3) is 0.438. The predicted octanol–water partition coefficient (Wildman–Crippen LogP) is 6.40. The molecule has 3 aromatic rings. The number of benzene rings is 2. The number of nitrogens with one attached hydrogen (secondary N) is 1. The Morgan fingerprint density at radius 1 is 1.12 bits per heavy atom. The number of anilines is 1. The highest BCUT2D eigenvalue weighted by Crippen LogP contribution is 2.34. The molecule has 5 rings (SSSR count).